The topological polar surface area (TPSA) is 228 Å². The summed E-state index contributed by atoms with van der Waals surface area (Å²) in [6, 6.07) is -0.938. The first-order valence-corrected chi connectivity index (χ1v) is 33.0. The van der Waals surface area contributed by atoms with E-state index in [0.717, 1.165) is 77.0 Å². The van der Waals surface area contributed by atoms with Gasteiger partial charge in [0.05, 0.1) is 32.0 Å². The van der Waals surface area contributed by atoms with Crippen LogP contribution in [0.25, 0.3) is 0 Å². The van der Waals surface area contributed by atoms with Crippen molar-refractivity contribution >= 4 is 5.91 Å². The summed E-state index contributed by atoms with van der Waals surface area (Å²) in [5.41, 5.74) is 0. The Balaban J connectivity index is 1.54. The fraction of sp³-hybridized carbons (Fsp3) is 0.754. The maximum Gasteiger partial charge on any atom is 0.220 e. The second kappa shape index (κ2) is 53.2. The van der Waals surface area contributed by atoms with Gasteiger partial charge in [0.15, 0.2) is 12.6 Å². The van der Waals surface area contributed by atoms with Crippen LogP contribution < -0.4 is 5.32 Å². The molecular weight excluding hydrogens is 1050 g/mol. The molecule has 2 heterocycles. The molecule has 1 amide bonds. The Hall–Kier alpha value is -3.09. The molecule has 0 aromatic heterocycles. The van der Waals surface area contributed by atoms with Crippen molar-refractivity contribution in [2.45, 2.75) is 312 Å². The van der Waals surface area contributed by atoms with Gasteiger partial charge in [0, 0.05) is 6.42 Å². The third kappa shape index (κ3) is 37.9. The molecule has 0 aliphatic carbocycles. The Bertz CT molecular complexity index is 1760. The quantitative estimate of drug-likeness (QED) is 0.0204. The molecule has 0 radical (unpaired) electrons. The third-order valence-electron chi connectivity index (χ3n) is 15.5. The number of amides is 1. The van der Waals surface area contributed by atoms with Crippen molar-refractivity contribution in [3.63, 3.8) is 0 Å². The van der Waals surface area contributed by atoms with E-state index in [1.165, 1.54) is 128 Å². The molecule has 14 nitrogen and oxygen atoms in total. The summed E-state index contributed by atoms with van der Waals surface area (Å²) < 4.78 is 22.7. The van der Waals surface area contributed by atoms with E-state index in [-0.39, 0.29) is 18.9 Å². The van der Waals surface area contributed by atoms with Gasteiger partial charge in [0.25, 0.3) is 0 Å². The lowest BCUT2D eigenvalue weighted by molar-refractivity contribution is -0.359. The summed E-state index contributed by atoms with van der Waals surface area (Å²) in [5.74, 6) is -0.256. The van der Waals surface area contributed by atoms with Gasteiger partial charge in [0.2, 0.25) is 5.91 Å². The Morgan fingerprint density at radius 2 is 0.807 bits per heavy atom. The molecule has 12 atom stereocenters. The molecule has 12 unspecified atom stereocenters. The molecule has 2 saturated heterocycles. The second-order valence-corrected chi connectivity index (χ2v) is 22.8. The van der Waals surface area contributed by atoms with Crippen LogP contribution in [0.3, 0.4) is 0 Å². The summed E-state index contributed by atoms with van der Waals surface area (Å²) in [7, 11) is 0. The monoisotopic (exact) mass is 1170 g/mol. The molecule has 2 aliphatic heterocycles. The molecule has 0 aromatic carbocycles. The molecule has 0 saturated carbocycles. The number of allylic oxidation sites excluding steroid dienone is 15. The number of carbonyl (C=O) groups excluding carboxylic acids is 1. The van der Waals surface area contributed by atoms with E-state index >= 15 is 0 Å². The number of aliphatic hydroxyl groups is 8. The Kier molecular flexibility index (Phi) is 48.7. The molecule has 0 spiro atoms. The highest BCUT2D eigenvalue weighted by atomic mass is 16.7. The van der Waals surface area contributed by atoms with Crippen LogP contribution in [-0.2, 0) is 23.7 Å². The second-order valence-electron chi connectivity index (χ2n) is 22.8. The van der Waals surface area contributed by atoms with Crippen LogP contribution in [-0.4, -0.2) is 140 Å². The van der Waals surface area contributed by atoms with Crippen LogP contribution in [0.5, 0.6) is 0 Å². The first-order valence-electron chi connectivity index (χ1n) is 33.0. The minimum absolute atomic E-state index is 0.256. The molecule has 0 aromatic rings. The molecule has 83 heavy (non-hydrogen) atoms. The highest BCUT2D eigenvalue weighted by Crippen LogP contribution is 2.30. The number of ether oxygens (including phenoxy) is 4. The first-order chi connectivity index (χ1) is 40.6. The highest BCUT2D eigenvalue weighted by Gasteiger charge is 2.51. The maximum atomic E-state index is 13.2. The van der Waals surface area contributed by atoms with Crippen molar-refractivity contribution in [1.29, 1.82) is 0 Å². The predicted molar refractivity (Wildman–Crippen MR) is 336 cm³/mol. The molecule has 2 aliphatic rings. The van der Waals surface area contributed by atoms with Crippen molar-refractivity contribution in [1.82, 2.24) is 5.32 Å². The van der Waals surface area contributed by atoms with Crippen molar-refractivity contribution in [2.24, 2.45) is 0 Å². The van der Waals surface area contributed by atoms with E-state index in [4.69, 9.17) is 18.9 Å². The Morgan fingerprint density at radius 3 is 1.28 bits per heavy atom. The van der Waals surface area contributed by atoms with E-state index < -0.39 is 86.8 Å². The lowest BCUT2D eigenvalue weighted by Crippen LogP contribution is -2.65. The molecule has 0 bridgehead atoms. The number of unbranched alkanes of at least 4 members (excludes halogenated alkanes) is 25. The zero-order valence-corrected chi connectivity index (χ0v) is 51.7. The van der Waals surface area contributed by atoms with Gasteiger partial charge in [-0.3, -0.25) is 4.79 Å². The fourth-order valence-corrected chi connectivity index (χ4v) is 10.3. The third-order valence-corrected chi connectivity index (χ3v) is 15.5. The molecule has 9 N–H and O–H groups in total. The average Bonchev–Trinajstić information content (AvgIpc) is 3.47. The first kappa shape index (κ1) is 76.0. The van der Waals surface area contributed by atoms with E-state index in [1.54, 1.807) is 6.08 Å². The minimum Gasteiger partial charge on any atom is -0.394 e. The maximum absolute atomic E-state index is 13.2. The Morgan fingerprint density at radius 1 is 0.434 bits per heavy atom. The van der Waals surface area contributed by atoms with Gasteiger partial charge in [0.1, 0.15) is 48.8 Å². The molecule has 478 valence electrons. The van der Waals surface area contributed by atoms with Gasteiger partial charge in [-0.1, -0.05) is 246 Å². The number of hydrogen-bond donors (Lipinski definition) is 9. The smallest absolute Gasteiger partial charge is 0.220 e. The standard InChI is InChI=1S/C69H119NO13/c1-3-5-7-9-11-13-15-16-17-18-19-20-21-22-23-24-25-26-27-28-29-30-31-32-33-34-35-36-37-38-39-40-41-42-43-45-47-49-51-53-61(74)70-57(58(73)52-50-48-46-44-14-12-10-8-6-4-2)56-80-68-66(79)64(77)67(60(55-72)82-68)83-69-65(78)63(76)62(75)59(54-71)81-69/h5-8,11,13-14,16-17,19-20,22-23,44,50,52,57-60,62-69,71-73,75-79H,3-4,9-10,12,15,18,21,24-43,45-49,51,53-56H2,1-2H3,(H,70,74)/b7-5-,8-6+,13-11-,17-16-,20-19-,23-22-,44-14+,52-50+. The molecule has 2 rings (SSSR count). The van der Waals surface area contributed by atoms with E-state index in [9.17, 15) is 45.6 Å². The highest BCUT2D eigenvalue weighted by molar-refractivity contribution is 5.76. The average molecular weight is 1170 g/mol. The summed E-state index contributed by atoms with van der Waals surface area (Å²) in [4.78, 5) is 13.2. The zero-order valence-electron chi connectivity index (χ0n) is 51.7. The Labute approximate surface area is 503 Å². The van der Waals surface area contributed by atoms with Crippen LogP contribution in [0, 0.1) is 0 Å². The summed E-state index contributed by atoms with van der Waals surface area (Å²) in [6.45, 7) is 2.52. The zero-order chi connectivity index (χ0) is 60.2. The molecule has 2 fully saturated rings. The largest absolute Gasteiger partial charge is 0.394 e. The van der Waals surface area contributed by atoms with Gasteiger partial charge in [-0.2, -0.15) is 0 Å². The predicted octanol–water partition coefficient (Wildman–Crippen LogP) is 12.6. The van der Waals surface area contributed by atoms with Gasteiger partial charge in [-0.15, -0.1) is 0 Å². The van der Waals surface area contributed by atoms with Crippen molar-refractivity contribution in [2.75, 3.05) is 19.8 Å². The van der Waals surface area contributed by atoms with E-state index in [1.807, 2.05) is 6.08 Å². The van der Waals surface area contributed by atoms with Crippen molar-refractivity contribution < 1.29 is 64.6 Å². The van der Waals surface area contributed by atoms with Gasteiger partial charge in [-0.05, 0) is 83.5 Å². The number of rotatable bonds is 52. The summed E-state index contributed by atoms with van der Waals surface area (Å²) >= 11 is 0. The lowest BCUT2D eigenvalue weighted by Gasteiger charge is -2.46. The van der Waals surface area contributed by atoms with Crippen LogP contribution in [0.1, 0.15) is 239 Å². The number of nitrogens with one attached hydrogen (secondary N) is 1. The van der Waals surface area contributed by atoms with Gasteiger partial charge < -0.3 is 65.1 Å². The van der Waals surface area contributed by atoms with E-state index in [2.05, 4.69) is 104 Å². The van der Waals surface area contributed by atoms with Crippen LogP contribution in [0.4, 0.5) is 0 Å². The van der Waals surface area contributed by atoms with Crippen molar-refractivity contribution in [3.8, 4) is 0 Å². The number of carbonyl (C=O) groups is 1. The number of aliphatic hydroxyl groups excluding tert-OH is 8. The number of hydrogen-bond acceptors (Lipinski definition) is 13. The van der Waals surface area contributed by atoms with Crippen LogP contribution in [0.15, 0.2) is 97.2 Å². The van der Waals surface area contributed by atoms with Gasteiger partial charge >= 0.3 is 0 Å². The SMILES string of the molecule is CC/C=C\C/C=C\C/C=C\C/C=C\C/C=C\CCCCCCCCCCCCCCCCCCCCCCCCCC(=O)NC(COC1OC(CO)C(OC2OC(CO)C(O)C(O)C2O)C(O)C1O)C(O)/C=C/CC/C=C/CC/C=C/CC. The minimum atomic E-state index is -1.79. The lowest BCUT2D eigenvalue weighted by atomic mass is 9.97. The van der Waals surface area contributed by atoms with Crippen LogP contribution >= 0.6 is 0 Å². The molecule has 14 heteroatoms. The molecular formula is C69H119NO13. The van der Waals surface area contributed by atoms with Gasteiger partial charge in [-0.25, -0.2) is 0 Å². The fourth-order valence-electron chi connectivity index (χ4n) is 10.3. The van der Waals surface area contributed by atoms with E-state index in [0.29, 0.717) is 12.8 Å². The summed E-state index contributed by atoms with van der Waals surface area (Å²) in [5, 5.41) is 86.9. The van der Waals surface area contributed by atoms with Crippen LogP contribution in [0.2, 0.25) is 0 Å². The van der Waals surface area contributed by atoms with Crippen molar-refractivity contribution in [3.05, 3.63) is 97.2 Å². The summed E-state index contributed by atoms with van der Waals surface area (Å²) in [6.07, 6.45) is 58.0. The normalized spacial score (nSPS) is 24.5.